The molecule has 0 aromatic heterocycles. The second-order valence-corrected chi connectivity index (χ2v) is 7.09. The van der Waals surface area contributed by atoms with Crippen molar-refractivity contribution in [2.75, 3.05) is 26.5 Å². The van der Waals surface area contributed by atoms with Gasteiger partial charge in [-0.05, 0) is 30.2 Å². The summed E-state index contributed by atoms with van der Waals surface area (Å²) < 4.78 is 10.9. The first kappa shape index (κ1) is 17.7. The number of aryl methyl sites for hydroxylation is 1. The molecule has 0 bridgehead atoms. The van der Waals surface area contributed by atoms with Gasteiger partial charge in [0.25, 0.3) is 0 Å². The third-order valence-corrected chi connectivity index (χ3v) is 5.63. The molecule has 1 aliphatic heterocycles. The van der Waals surface area contributed by atoms with Gasteiger partial charge in [0.05, 0.1) is 14.2 Å². The largest absolute Gasteiger partial charge is 0.497 e. The second-order valence-electron chi connectivity index (χ2n) is 5.90. The number of amides is 1. The Bertz CT molecular complexity index is 720. The molecule has 1 heterocycles. The number of rotatable bonds is 6. The Morgan fingerprint density at radius 3 is 2.68 bits per heavy atom. The van der Waals surface area contributed by atoms with Crippen molar-refractivity contribution in [2.24, 2.45) is 0 Å². The molecule has 1 atom stereocenters. The monoisotopic (exact) mass is 357 g/mol. The number of hydrogen-bond donors (Lipinski definition) is 0. The zero-order valence-electron chi connectivity index (χ0n) is 14.6. The summed E-state index contributed by atoms with van der Waals surface area (Å²) in [5, 5.41) is -0.0201. The second kappa shape index (κ2) is 8.30. The van der Waals surface area contributed by atoms with Gasteiger partial charge in [-0.15, -0.1) is 11.8 Å². The van der Waals surface area contributed by atoms with Crippen molar-refractivity contribution < 1.29 is 14.3 Å². The van der Waals surface area contributed by atoms with Gasteiger partial charge in [-0.2, -0.15) is 0 Å². The van der Waals surface area contributed by atoms with Crippen LogP contribution in [0.3, 0.4) is 0 Å². The van der Waals surface area contributed by atoms with Gasteiger partial charge in [0.15, 0.2) is 0 Å². The number of carbonyl (C=O) groups excluding carboxylic acids is 1. The Balaban J connectivity index is 1.75. The van der Waals surface area contributed by atoms with Gasteiger partial charge in [-0.25, -0.2) is 0 Å². The van der Waals surface area contributed by atoms with Gasteiger partial charge in [0.1, 0.15) is 16.9 Å². The Morgan fingerprint density at radius 2 is 1.96 bits per heavy atom. The van der Waals surface area contributed by atoms with Gasteiger partial charge >= 0.3 is 0 Å². The third-order valence-electron chi connectivity index (χ3n) is 4.38. The van der Waals surface area contributed by atoms with Crippen molar-refractivity contribution in [3.63, 3.8) is 0 Å². The lowest BCUT2D eigenvalue weighted by atomic mass is 10.1. The molecule has 0 aliphatic carbocycles. The highest BCUT2D eigenvalue weighted by atomic mass is 32.2. The van der Waals surface area contributed by atoms with Crippen LogP contribution in [0.1, 0.15) is 22.9 Å². The van der Waals surface area contributed by atoms with Crippen LogP contribution in [0.15, 0.2) is 48.5 Å². The smallest absolute Gasteiger partial charge is 0.224 e. The summed E-state index contributed by atoms with van der Waals surface area (Å²) in [6.07, 6.45) is 1.29. The molecule has 132 valence electrons. The van der Waals surface area contributed by atoms with E-state index < -0.39 is 0 Å². The number of ether oxygens (including phenoxy) is 2. The van der Waals surface area contributed by atoms with Crippen LogP contribution in [0.5, 0.6) is 11.5 Å². The SMILES string of the molecule is COc1ccc(OC)c([C@H]2SCCN2C(=O)CCc2ccccc2)c1. The maximum absolute atomic E-state index is 12.8. The highest BCUT2D eigenvalue weighted by Gasteiger charge is 2.32. The molecular formula is C20H23NO3S. The maximum atomic E-state index is 12.8. The minimum absolute atomic E-state index is 0.0201. The van der Waals surface area contributed by atoms with E-state index in [1.165, 1.54) is 5.56 Å². The van der Waals surface area contributed by atoms with Gasteiger partial charge in [0, 0.05) is 24.3 Å². The molecular weight excluding hydrogens is 334 g/mol. The quantitative estimate of drug-likeness (QED) is 0.786. The van der Waals surface area contributed by atoms with Crippen LogP contribution < -0.4 is 9.47 Å². The number of nitrogens with zero attached hydrogens (tertiary/aromatic N) is 1. The summed E-state index contributed by atoms with van der Waals surface area (Å²) in [6.45, 7) is 0.767. The van der Waals surface area contributed by atoms with Crippen LogP contribution in [0.2, 0.25) is 0 Å². The molecule has 1 fully saturated rings. The molecule has 25 heavy (non-hydrogen) atoms. The molecule has 2 aromatic rings. The van der Waals surface area contributed by atoms with E-state index in [1.807, 2.05) is 41.3 Å². The molecule has 0 radical (unpaired) electrons. The van der Waals surface area contributed by atoms with E-state index >= 15 is 0 Å². The molecule has 0 unspecified atom stereocenters. The molecule has 0 spiro atoms. The Morgan fingerprint density at radius 1 is 1.16 bits per heavy atom. The van der Waals surface area contributed by atoms with Crippen molar-refractivity contribution in [1.29, 1.82) is 0 Å². The van der Waals surface area contributed by atoms with Gasteiger partial charge in [-0.1, -0.05) is 30.3 Å². The highest BCUT2D eigenvalue weighted by molar-refractivity contribution is 7.99. The number of methoxy groups -OCH3 is 2. The Kier molecular flexibility index (Phi) is 5.87. The maximum Gasteiger partial charge on any atom is 0.224 e. The molecule has 1 aliphatic rings. The fourth-order valence-corrected chi connectivity index (χ4v) is 4.35. The number of carbonyl (C=O) groups is 1. The van der Waals surface area contributed by atoms with Crippen molar-refractivity contribution in [3.05, 3.63) is 59.7 Å². The summed E-state index contributed by atoms with van der Waals surface area (Å²) in [4.78, 5) is 14.8. The van der Waals surface area contributed by atoms with Crippen LogP contribution in [-0.2, 0) is 11.2 Å². The topological polar surface area (TPSA) is 38.8 Å². The van der Waals surface area contributed by atoms with Crippen LogP contribution in [-0.4, -0.2) is 37.3 Å². The zero-order valence-corrected chi connectivity index (χ0v) is 15.4. The van der Waals surface area contributed by atoms with E-state index in [0.717, 1.165) is 35.8 Å². The molecule has 1 saturated heterocycles. The zero-order chi connectivity index (χ0) is 17.6. The standard InChI is InChI=1S/C20H23NO3S/c1-23-16-9-10-18(24-2)17(14-16)20-21(12-13-25-20)19(22)11-8-15-6-4-3-5-7-15/h3-7,9-10,14,20H,8,11-13H2,1-2H3/t20-/m1/s1. The lowest BCUT2D eigenvalue weighted by Crippen LogP contribution is -2.30. The Hall–Kier alpha value is -2.14. The van der Waals surface area contributed by atoms with E-state index in [-0.39, 0.29) is 11.3 Å². The van der Waals surface area contributed by atoms with Gasteiger partial charge in [0.2, 0.25) is 5.91 Å². The number of hydrogen-bond acceptors (Lipinski definition) is 4. The van der Waals surface area contributed by atoms with E-state index in [1.54, 1.807) is 26.0 Å². The molecule has 5 heteroatoms. The summed E-state index contributed by atoms with van der Waals surface area (Å²) in [6, 6.07) is 15.9. The van der Waals surface area contributed by atoms with E-state index in [9.17, 15) is 4.79 Å². The molecule has 0 saturated carbocycles. The number of thioether (sulfide) groups is 1. The highest BCUT2D eigenvalue weighted by Crippen LogP contribution is 2.43. The average molecular weight is 357 g/mol. The van der Waals surface area contributed by atoms with Crippen molar-refractivity contribution in [2.45, 2.75) is 18.2 Å². The normalized spacial score (nSPS) is 16.7. The molecule has 2 aromatic carbocycles. The van der Waals surface area contributed by atoms with Crippen LogP contribution in [0.4, 0.5) is 0 Å². The van der Waals surface area contributed by atoms with Crippen molar-refractivity contribution in [1.82, 2.24) is 4.90 Å². The predicted molar refractivity (Wildman–Crippen MR) is 101 cm³/mol. The molecule has 4 nitrogen and oxygen atoms in total. The third kappa shape index (κ3) is 4.10. The predicted octanol–water partition coefficient (Wildman–Crippen LogP) is 3.91. The van der Waals surface area contributed by atoms with E-state index in [2.05, 4.69) is 12.1 Å². The summed E-state index contributed by atoms with van der Waals surface area (Å²) >= 11 is 1.77. The lowest BCUT2D eigenvalue weighted by Gasteiger charge is -2.26. The molecule has 0 N–H and O–H groups in total. The summed E-state index contributed by atoms with van der Waals surface area (Å²) in [7, 11) is 3.31. The first-order chi connectivity index (χ1) is 12.2. The van der Waals surface area contributed by atoms with Crippen LogP contribution in [0.25, 0.3) is 0 Å². The fraction of sp³-hybridized carbons (Fsp3) is 0.350. The molecule has 3 rings (SSSR count). The lowest BCUT2D eigenvalue weighted by molar-refractivity contribution is -0.131. The molecule has 1 amide bonds. The number of benzene rings is 2. The van der Waals surface area contributed by atoms with Crippen molar-refractivity contribution in [3.8, 4) is 11.5 Å². The van der Waals surface area contributed by atoms with Crippen molar-refractivity contribution >= 4 is 17.7 Å². The van der Waals surface area contributed by atoms with E-state index in [4.69, 9.17) is 9.47 Å². The fourth-order valence-electron chi connectivity index (χ4n) is 3.06. The summed E-state index contributed by atoms with van der Waals surface area (Å²) in [5.41, 5.74) is 2.19. The van der Waals surface area contributed by atoms with Gasteiger partial charge < -0.3 is 14.4 Å². The van der Waals surface area contributed by atoms with Gasteiger partial charge in [-0.3, -0.25) is 4.79 Å². The Labute approximate surface area is 153 Å². The van der Waals surface area contributed by atoms with Crippen LogP contribution >= 0.6 is 11.8 Å². The average Bonchev–Trinajstić information content (AvgIpc) is 3.16. The summed E-state index contributed by atoms with van der Waals surface area (Å²) in [5.74, 6) is 2.69. The minimum Gasteiger partial charge on any atom is -0.497 e. The van der Waals surface area contributed by atoms with E-state index in [0.29, 0.717) is 6.42 Å². The van der Waals surface area contributed by atoms with Crippen LogP contribution in [0, 0.1) is 0 Å². The first-order valence-corrected chi connectivity index (χ1v) is 9.44. The minimum atomic E-state index is -0.0201. The first-order valence-electron chi connectivity index (χ1n) is 8.40.